The predicted molar refractivity (Wildman–Crippen MR) is 389 cm³/mol. The number of nitrogens with zero attached hydrogens (tertiary/aromatic N) is 8. The van der Waals surface area contributed by atoms with Gasteiger partial charge in [-0.25, -0.2) is 53.5 Å². The Labute approximate surface area is 621 Å². The fraction of sp³-hybridized carbons (Fsp3) is 0.375. The van der Waals surface area contributed by atoms with Crippen LogP contribution in [0, 0.1) is 26.2 Å². The van der Waals surface area contributed by atoms with Crippen LogP contribution in [-0.4, -0.2) is 152 Å². The minimum atomic E-state index is -4.45. The first-order chi connectivity index (χ1) is 50.8. The number of carbonyl (C=O) groups is 5. The highest BCUT2D eigenvalue weighted by Gasteiger charge is 2.35. The van der Waals surface area contributed by atoms with Crippen LogP contribution >= 0.6 is 0 Å². The number of esters is 1. The zero-order valence-electron chi connectivity index (χ0n) is 61.2. The second kappa shape index (κ2) is 34.8. The summed E-state index contributed by atoms with van der Waals surface area (Å²) in [5.41, 5.74) is 6.06. The third kappa shape index (κ3) is 20.8. The summed E-state index contributed by atoms with van der Waals surface area (Å²) in [6.45, 7) is 17.1. The minimum absolute atomic E-state index is 0.0493. The van der Waals surface area contributed by atoms with Crippen LogP contribution < -0.4 is 39.8 Å². The summed E-state index contributed by atoms with van der Waals surface area (Å²) in [6.07, 6.45) is 0.168. The first-order valence-corrected chi connectivity index (χ1v) is 38.6. The number of methoxy groups -OCH3 is 2. The molecule has 5 heterocycles. The van der Waals surface area contributed by atoms with Crippen molar-refractivity contribution < 1.29 is 91.3 Å². The van der Waals surface area contributed by atoms with Gasteiger partial charge in [-0.1, -0.05) is 67.0 Å². The number of sulfone groups is 1. The third-order valence-electron chi connectivity index (χ3n) is 16.7. The molecule has 0 unspecified atom stereocenters. The van der Waals surface area contributed by atoms with Crippen molar-refractivity contribution in [3.05, 3.63) is 175 Å². The van der Waals surface area contributed by atoms with Gasteiger partial charge >= 0.3 is 24.2 Å². The molecule has 578 valence electrons. The number of ketones is 1. The number of urea groups is 1. The van der Waals surface area contributed by atoms with E-state index >= 15 is 0 Å². The quantitative estimate of drug-likeness (QED) is 0.0351. The minimum Gasteiger partial charge on any atom is -0.496 e. The van der Waals surface area contributed by atoms with Crippen LogP contribution in [0.25, 0.3) is 11.1 Å². The molecule has 3 aliphatic rings. The van der Waals surface area contributed by atoms with Crippen molar-refractivity contribution in [2.24, 2.45) is 17.6 Å². The van der Waals surface area contributed by atoms with Crippen molar-refractivity contribution in [2.75, 3.05) is 45.6 Å². The molecule has 36 heteroatoms. The molecule has 0 atom stereocenters. The van der Waals surface area contributed by atoms with Crippen molar-refractivity contribution in [1.29, 1.82) is 0 Å². The van der Waals surface area contributed by atoms with Gasteiger partial charge in [0.1, 0.15) is 29.3 Å². The second-order valence-electron chi connectivity index (χ2n) is 25.9. The van der Waals surface area contributed by atoms with Crippen LogP contribution in [0.2, 0.25) is 0 Å². The largest absolute Gasteiger partial charge is 0.496 e. The number of carbonyl (C=O) groups excluding carboxylic acids is 5. The van der Waals surface area contributed by atoms with E-state index in [4.69, 9.17) is 23.8 Å². The lowest BCUT2D eigenvalue weighted by Gasteiger charge is -2.19. The number of nitrogens with one attached hydrogen (secondary N) is 4. The summed E-state index contributed by atoms with van der Waals surface area (Å²) in [5.74, 6) is -1.52. The van der Waals surface area contributed by atoms with Crippen LogP contribution in [0.3, 0.4) is 0 Å². The molecule has 0 bridgehead atoms. The van der Waals surface area contributed by atoms with Crippen LogP contribution in [0.1, 0.15) is 136 Å². The van der Waals surface area contributed by atoms with Crippen LogP contribution in [0.15, 0.2) is 128 Å². The SMILES string of the molecule is CCc1cc(C)cc(CC)c1-c1c(OC(=O)C(C)(C)C)n2n(c1=O)CCOCC2.COc1ccccc1C(=O)NS(=O)(=O)c1ccc(C(=O)NC2CC2)cc1.COc1nc(C)nc(NC(=O)NS(=O)(=O)c2ccccc2CCC(F)(F)F)n1.Cc1c(C(=O)c2cnn(C)c2O)ccc(S(C)(=O)=O)c1C1=NOCC1. The van der Waals surface area contributed by atoms with Crippen molar-refractivity contribution in [1.82, 2.24) is 48.9 Å². The number of amides is 4. The Kier molecular flexibility index (Phi) is 26.7. The van der Waals surface area contributed by atoms with E-state index in [-0.39, 0.29) is 84.9 Å². The van der Waals surface area contributed by atoms with Gasteiger partial charge in [-0.2, -0.15) is 33.2 Å². The molecule has 0 saturated heterocycles. The monoisotopic (exact) mass is 1560 g/mol. The van der Waals surface area contributed by atoms with Gasteiger partial charge in [-0.05, 0) is 156 Å². The third-order valence-corrected chi connectivity index (χ3v) is 20.6. The molecule has 3 aromatic heterocycles. The highest BCUT2D eigenvalue weighted by atomic mass is 32.2. The highest BCUT2D eigenvalue weighted by Crippen LogP contribution is 2.37. The summed E-state index contributed by atoms with van der Waals surface area (Å²) in [5, 5.41) is 22.7. The Hall–Kier alpha value is -10.9. The summed E-state index contributed by atoms with van der Waals surface area (Å²) >= 11 is 0. The van der Waals surface area contributed by atoms with Gasteiger partial charge in [-0.3, -0.25) is 29.3 Å². The number of hydrogen-bond donors (Lipinski definition) is 5. The van der Waals surface area contributed by atoms with Gasteiger partial charge in [0, 0.05) is 48.9 Å². The van der Waals surface area contributed by atoms with Gasteiger partial charge in [0.25, 0.3) is 37.4 Å². The Balaban J connectivity index is 0.000000182. The van der Waals surface area contributed by atoms with Crippen molar-refractivity contribution >= 4 is 71.1 Å². The van der Waals surface area contributed by atoms with Crippen molar-refractivity contribution in [3.63, 3.8) is 0 Å². The fourth-order valence-corrected chi connectivity index (χ4v) is 14.2. The van der Waals surface area contributed by atoms with Gasteiger partial charge < -0.3 is 34.2 Å². The van der Waals surface area contributed by atoms with E-state index in [1.54, 1.807) is 39.2 Å². The van der Waals surface area contributed by atoms with Gasteiger partial charge in [0.2, 0.25) is 17.7 Å². The van der Waals surface area contributed by atoms with Gasteiger partial charge in [0.15, 0.2) is 15.6 Å². The summed E-state index contributed by atoms with van der Waals surface area (Å²) in [6, 6.07) is 22.8. The average molecular weight is 1560 g/mol. The molecule has 0 radical (unpaired) electrons. The Bertz CT molecular complexity index is 5140. The molecular formula is C72H83F3N12O18S3. The lowest BCUT2D eigenvalue weighted by molar-refractivity contribution is -0.143. The molecule has 8 aromatic rings. The number of anilines is 1. The highest BCUT2D eigenvalue weighted by molar-refractivity contribution is 7.91. The number of aromatic hydroxyl groups is 1. The number of sulfonamides is 2. The number of oxime groups is 1. The number of alkyl halides is 3. The van der Waals surface area contributed by atoms with Crippen LogP contribution in [0.4, 0.5) is 23.9 Å². The molecule has 2 aliphatic heterocycles. The van der Waals surface area contributed by atoms with Crippen molar-refractivity contribution in [2.45, 2.75) is 140 Å². The van der Waals surface area contributed by atoms with E-state index in [1.165, 1.54) is 105 Å². The second-order valence-corrected chi connectivity index (χ2v) is 31.2. The van der Waals surface area contributed by atoms with Crippen LogP contribution in [0.5, 0.6) is 23.5 Å². The zero-order chi connectivity index (χ0) is 79.4. The van der Waals surface area contributed by atoms with E-state index in [0.717, 1.165) is 54.7 Å². The van der Waals surface area contributed by atoms with Gasteiger partial charge in [-0.15, -0.1) is 0 Å². The smallest absolute Gasteiger partial charge is 0.389 e. The number of rotatable bonds is 20. The summed E-state index contributed by atoms with van der Waals surface area (Å²) in [4.78, 5) is 91.3. The zero-order valence-corrected chi connectivity index (χ0v) is 63.7. The predicted octanol–water partition coefficient (Wildman–Crippen LogP) is 8.82. The van der Waals surface area contributed by atoms with E-state index in [1.807, 2.05) is 25.5 Å². The maximum atomic E-state index is 13.5. The van der Waals surface area contributed by atoms with Gasteiger partial charge in [0.05, 0.1) is 78.1 Å². The molecule has 1 saturated carbocycles. The van der Waals surface area contributed by atoms with E-state index < -0.39 is 76.9 Å². The van der Waals surface area contributed by atoms with Crippen LogP contribution in [-0.2, 0) is 83.7 Å². The number of benzene rings is 5. The fourth-order valence-electron chi connectivity index (χ4n) is 11.1. The van der Waals surface area contributed by atoms with E-state index in [0.29, 0.717) is 73.2 Å². The standard InChI is InChI=1S/C23H32N2O4.C18H18N2O5S.C16H17N3O5S.C15H16F3N5O4S/c1-7-16-13-15(3)14-17(8-2)18(16)19-20(26)24-9-11-28-12-10-25(24)21(19)29-22(27)23(4,5)6;1-25-16-5-3-2-4-15(16)18(22)20-26(23,24)14-10-6-12(7-11-14)17(21)19-13-8-9-13;1-9-10(15(20)11-8-17-19(2)16(11)21)4-5-13(25(3,22)23)14(9)12-6-7-24-18-12;1-9-19-12(22-14(20-9)27-2)21-13(24)23-28(25,26)11-6-4-3-5-10(11)7-8-15(16,17)18/h13-14H,7-12H2,1-6H3;2-7,10-11,13H,8-9H2,1H3,(H,19,21)(H,20,22);4-5,8,21H,6-7H2,1-3H3;3-6H,7-8H2,1-2H3,(H2,19,20,21,22,23,24). The molecule has 30 nitrogen and oxygen atoms in total. The Morgan fingerprint density at radius 1 is 0.704 bits per heavy atom. The lowest BCUT2D eigenvalue weighted by atomic mass is 9.91. The first kappa shape index (κ1) is 82.8. The molecular weight excluding hydrogens is 1470 g/mol. The number of aromatic nitrogens is 7. The van der Waals surface area contributed by atoms with Crippen molar-refractivity contribution in [3.8, 4) is 34.6 Å². The van der Waals surface area contributed by atoms with E-state index in [9.17, 15) is 72.3 Å². The number of para-hydroxylation sites is 1. The topological polar surface area (TPSA) is 398 Å². The maximum absolute atomic E-state index is 13.5. The Morgan fingerprint density at radius 2 is 1.34 bits per heavy atom. The summed E-state index contributed by atoms with van der Waals surface area (Å²) < 4.78 is 141. The first-order valence-electron chi connectivity index (χ1n) is 33.7. The number of hydrogen-bond acceptors (Lipinski definition) is 23. The number of fused-ring (bicyclic) bond motifs is 1. The number of ether oxygens (including phenoxy) is 4. The lowest BCUT2D eigenvalue weighted by Crippen LogP contribution is -2.35. The molecule has 4 amide bonds. The molecule has 5 N–H and O–H groups in total. The average Bonchev–Trinajstić information content (AvgIpc) is 1.57. The Morgan fingerprint density at radius 3 is 1.92 bits per heavy atom. The molecule has 1 fully saturated rings. The number of aryl methyl sites for hydroxylation is 6. The summed E-state index contributed by atoms with van der Waals surface area (Å²) in [7, 11) is -7.82. The normalized spacial score (nSPS) is 13.5. The maximum Gasteiger partial charge on any atom is 0.389 e. The molecule has 0 spiro atoms. The number of halogens is 3. The molecule has 11 rings (SSSR count). The molecule has 1 aliphatic carbocycles. The molecule has 108 heavy (non-hydrogen) atoms. The molecule has 5 aromatic carbocycles. The van der Waals surface area contributed by atoms with E-state index in [2.05, 4.69) is 68.7 Å².